The van der Waals surface area contributed by atoms with Gasteiger partial charge in [-0.3, -0.25) is 0 Å². The second kappa shape index (κ2) is 4.91. The number of aliphatic hydroxyl groups excluding tert-OH is 2. The number of hydrogen-bond acceptors (Lipinski definition) is 2. The van der Waals surface area contributed by atoms with E-state index in [1.165, 1.54) is 26.9 Å². The average Bonchev–Trinajstić information content (AvgIpc) is 2.64. The van der Waals surface area contributed by atoms with Gasteiger partial charge in [0, 0.05) is 0 Å². The van der Waals surface area contributed by atoms with Gasteiger partial charge >= 0.3 is 0 Å². The van der Waals surface area contributed by atoms with Crippen LogP contribution in [0.5, 0.6) is 0 Å². The zero-order valence-corrected chi connectivity index (χ0v) is 13.0. The number of aliphatic hydroxyl groups is 2. The highest BCUT2D eigenvalue weighted by molar-refractivity contribution is 6.25. The van der Waals surface area contributed by atoms with E-state index in [0.717, 1.165) is 16.5 Å². The van der Waals surface area contributed by atoms with Crippen LogP contribution >= 0.6 is 0 Å². The first-order chi connectivity index (χ1) is 11.7. The summed E-state index contributed by atoms with van der Waals surface area (Å²) in [5.74, 6) is 0. The molecular weight excluding hydrogens is 296 g/mol. The first-order valence-electron chi connectivity index (χ1n) is 8.15. The first kappa shape index (κ1) is 13.7. The van der Waals surface area contributed by atoms with Crippen molar-refractivity contribution in [2.75, 3.05) is 0 Å². The molecule has 2 atom stereocenters. The van der Waals surface area contributed by atoms with Crippen molar-refractivity contribution in [2.24, 2.45) is 0 Å². The minimum atomic E-state index is -0.875. The maximum Gasteiger partial charge on any atom is 0.109 e. The third kappa shape index (κ3) is 1.78. The van der Waals surface area contributed by atoms with Crippen LogP contribution in [0.25, 0.3) is 38.4 Å². The molecule has 1 aliphatic carbocycles. The van der Waals surface area contributed by atoms with Crippen molar-refractivity contribution in [2.45, 2.75) is 12.2 Å². The summed E-state index contributed by atoms with van der Waals surface area (Å²) in [7, 11) is 0. The SMILES string of the molecule is O[C@@H]1C=Cc2cc3c4ccccc4c4ccccc4c3cc2[C@H]1O. The maximum atomic E-state index is 10.4. The zero-order chi connectivity index (χ0) is 16.3. The van der Waals surface area contributed by atoms with Crippen molar-refractivity contribution >= 4 is 38.4 Å². The number of rotatable bonds is 0. The molecule has 0 unspecified atom stereocenters. The largest absolute Gasteiger partial charge is 0.386 e. The van der Waals surface area contributed by atoms with Crippen LogP contribution in [0.3, 0.4) is 0 Å². The molecule has 0 fully saturated rings. The standard InChI is InChI=1S/C22H16O2/c23-21-10-9-13-11-19-16-7-3-1-5-14(16)15-6-2-4-8-17(15)20(19)12-18(13)22(21)24/h1-12,21-24H/t21-,22-/m1/s1. The van der Waals surface area contributed by atoms with Crippen molar-refractivity contribution in [1.29, 1.82) is 0 Å². The van der Waals surface area contributed by atoms with E-state index in [-0.39, 0.29) is 0 Å². The van der Waals surface area contributed by atoms with Crippen molar-refractivity contribution < 1.29 is 10.2 Å². The molecule has 0 heterocycles. The van der Waals surface area contributed by atoms with Crippen molar-refractivity contribution in [1.82, 2.24) is 0 Å². The van der Waals surface area contributed by atoms with Gasteiger partial charge in [-0.2, -0.15) is 0 Å². The molecule has 0 bridgehead atoms. The Hall–Kier alpha value is -2.68. The Morgan fingerprint density at radius 3 is 1.71 bits per heavy atom. The molecule has 0 spiro atoms. The van der Waals surface area contributed by atoms with E-state index in [0.29, 0.717) is 0 Å². The highest BCUT2D eigenvalue weighted by Crippen LogP contribution is 2.39. The Balaban J connectivity index is 2.03. The highest BCUT2D eigenvalue weighted by Gasteiger charge is 2.23. The summed E-state index contributed by atoms with van der Waals surface area (Å²) in [6, 6.07) is 21.0. The zero-order valence-electron chi connectivity index (χ0n) is 13.0. The lowest BCUT2D eigenvalue weighted by Crippen LogP contribution is -2.19. The Bertz CT molecular complexity index is 1140. The normalized spacial score (nSPS) is 19.9. The third-order valence-electron chi connectivity index (χ3n) is 5.06. The van der Waals surface area contributed by atoms with Crippen LogP contribution in [0.2, 0.25) is 0 Å². The van der Waals surface area contributed by atoms with E-state index in [1.54, 1.807) is 6.08 Å². The summed E-state index contributed by atoms with van der Waals surface area (Å²) < 4.78 is 0. The number of fused-ring (bicyclic) bond motifs is 7. The molecule has 0 saturated carbocycles. The van der Waals surface area contributed by atoms with Gasteiger partial charge in [0.2, 0.25) is 0 Å². The fourth-order valence-corrected chi connectivity index (χ4v) is 3.88. The fraction of sp³-hybridized carbons (Fsp3) is 0.0909. The molecule has 116 valence electrons. The molecule has 0 radical (unpaired) electrons. The Kier molecular flexibility index (Phi) is 2.81. The van der Waals surface area contributed by atoms with Crippen LogP contribution in [-0.4, -0.2) is 16.3 Å². The van der Waals surface area contributed by atoms with Gasteiger partial charge in [0.05, 0.1) is 0 Å². The van der Waals surface area contributed by atoms with Gasteiger partial charge in [0.1, 0.15) is 12.2 Å². The molecule has 4 aromatic carbocycles. The predicted molar refractivity (Wildman–Crippen MR) is 99.0 cm³/mol. The highest BCUT2D eigenvalue weighted by atomic mass is 16.3. The van der Waals surface area contributed by atoms with Gasteiger partial charge in [-0.15, -0.1) is 0 Å². The van der Waals surface area contributed by atoms with Gasteiger partial charge in [-0.1, -0.05) is 60.7 Å². The molecule has 0 amide bonds. The number of hydrogen-bond donors (Lipinski definition) is 2. The third-order valence-corrected chi connectivity index (χ3v) is 5.06. The fourth-order valence-electron chi connectivity index (χ4n) is 3.88. The molecular formula is C22H16O2. The van der Waals surface area contributed by atoms with Crippen LogP contribution in [0, 0.1) is 0 Å². The second-order valence-corrected chi connectivity index (χ2v) is 6.41. The molecule has 0 saturated heterocycles. The Labute approximate surface area is 139 Å². The lowest BCUT2D eigenvalue weighted by molar-refractivity contribution is 0.0471. The second-order valence-electron chi connectivity index (χ2n) is 6.41. The van der Waals surface area contributed by atoms with E-state index >= 15 is 0 Å². The molecule has 0 aromatic heterocycles. The van der Waals surface area contributed by atoms with Gasteiger partial charge in [0.15, 0.2) is 0 Å². The molecule has 24 heavy (non-hydrogen) atoms. The Morgan fingerprint density at radius 1 is 0.625 bits per heavy atom. The van der Waals surface area contributed by atoms with Gasteiger partial charge in [0.25, 0.3) is 0 Å². The minimum absolute atomic E-state index is 0.790. The summed E-state index contributed by atoms with van der Waals surface area (Å²) >= 11 is 0. The van der Waals surface area contributed by atoms with Crippen LogP contribution < -0.4 is 0 Å². The van der Waals surface area contributed by atoms with E-state index in [1.807, 2.05) is 18.2 Å². The molecule has 2 nitrogen and oxygen atoms in total. The van der Waals surface area contributed by atoms with E-state index in [2.05, 4.69) is 48.5 Å². The lowest BCUT2D eigenvalue weighted by Gasteiger charge is -2.23. The maximum absolute atomic E-state index is 10.4. The molecule has 0 aliphatic heterocycles. The summed E-state index contributed by atoms with van der Waals surface area (Å²) in [6.07, 6.45) is 1.83. The van der Waals surface area contributed by atoms with Crippen LogP contribution in [0.1, 0.15) is 17.2 Å². The summed E-state index contributed by atoms with van der Waals surface area (Å²) in [5, 5.41) is 27.4. The number of benzene rings is 4. The molecule has 2 heteroatoms. The molecule has 2 N–H and O–H groups in total. The molecule has 4 aromatic rings. The van der Waals surface area contributed by atoms with Gasteiger partial charge in [-0.05, 0) is 55.6 Å². The van der Waals surface area contributed by atoms with Gasteiger partial charge < -0.3 is 10.2 Å². The molecule has 5 rings (SSSR count). The van der Waals surface area contributed by atoms with Gasteiger partial charge in [-0.25, -0.2) is 0 Å². The lowest BCUT2D eigenvalue weighted by atomic mass is 9.87. The van der Waals surface area contributed by atoms with E-state index in [4.69, 9.17) is 0 Å². The first-order valence-corrected chi connectivity index (χ1v) is 8.15. The Morgan fingerprint density at radius 2 is 1.12 bits per heavy atom. The monoisotopic (exact) mass is 312 g/mol. The van der Waals surface area contributed by atoms with Crippen LogP contribution in [0.15, 0.2) is 66.7 Å². The average molecular weight is 312 g/mol. The van der Waals surface area contributed by atoms with Crippen LogP contribution in [0.4, 0.5) is 0 Å². The predicted octanol–water partition coefficient (Wildman–Crippen LogP) is 4.57. The minimum Gasteiger partial charge on any atom is -0.386 e. The van der Waals surface area contributed by atoms with E-state index in [9.17, 15) is 10.2 Å². The summed E-state index contributed by atoms with van der Waals surface area (Å²) in [5.41, 5.74) is 1.76. The smallest absolute Gasteiger partial charge is 0.109 e. The summed E-state index contributed by atoms with van der Waals surface area (Å²) in [4.78, 5) is 0. The van der Waals surface area contributed by atoms with Crippen LogP contribution in [-0.2, 0) is 0 Å². The van der Waals surface area contributed by atoms with Crippen molar-refractivity contribution in [3.63, 3.8) is 0 Å². The van der Waals surface area contributed by atoms with Crippen molar-refractivity contribution in [3.05, 3.63) is 77.9 Å². The van der Waals surface area contributed by atoms with Crippen molar-refractivity contribution in [3.8, 4) is 0 Å². The topological polar surface area (TPSA) is 40.5 Å². The molecule has 1 aliphatic rings. The summed E-state index contributed by atoms with van der Waals surface area (Å²) in [6.45, 7) is 0. The quantitative estimate of drug-likeness (QED) is 0.467. The van der Waals surface area contributed by atoms with E-state index < -0.39 is 12.2 Å².